The smallest absolute Gasteiger partial charge is 0.270 e. The maximum atomic E-state index is 13.9. The van der Waals surface area contributed by atoms with E-state index in [9.17, 15) is 18.8 Å². The summed E-state index contributed by atoms with van der Waals surface area (Å²) >= 11 is 0.708. The third kappa shape index (κ3) is 5.64. The highest BCUT2D eigenvalue weighted by atomic mass is 32.1. The average molecular weight is 528 g/mol. The summed E-state index contributed by atoms with van der Waals surface area (Å²) in [6.45, 7) is 5.42. The predicted molar refractivity (Wildman–Crippen MR) is 135 cm³/mol. The number of fused-ring (bicyclic) bond motifs is 1. The molecule has 0 fully saturated rings. The molecule has 2 aromatic carbocycles. The van der Waals surface area contributed by atoms with Crippen molar-refractivity contribution in [1.29, 1.82) is 0 Å². The number of hydrogen-bond acceptors (Lipinski definition) is 8. The predicted octanol–water partition coefficient (Wildman–Crippen LogP) is 2.99. The van der Waals surface area contributed by atoms with Crippen LogP contribution in [-0.2, 0) is 11.3 Å². The highest BCUT2D eigenvalue weighted by Crippen LogP contribution is 2.35. The normalized spacial score (nSPS) is 13.2. The fourth-order valence-electron chi connectivity index (χ4n) is 3.83. The molecule has 5 N–H and O–H groups in total. The van der Waals surface area contributed by atoms with Gasteiger partial charge in [-0.25, -0.2) is 4.39 Å². The number of nitrogen functional groups attached to an aromatic ring is 1. The second kappa shape index (κ2) is 10.1. The van der Waals surface area contributed by atoms with E-state index in [1.807, 2.05) is 0 Å². The van der Waals surface area contributed by atoms with Gasteiger partial charge in [0.05, 0.1) is 5.69 Å². The van der Waals surface area contributed by atoms with Gasteiger partial charge >= 0.3 is 0 Å². The number of primary amides is 1. The SMILES string of the molecule is CC(C)(C)NC(=O)C(c1ccc(F)cc1)N(Cc1ccc2c(c1)OCO2)C(=O)c1snc(C(N)=O)c1N. The van der Waals surface area contributed by atoms with E-state index in [2.05, 4.69) is 9.69 Å². The zero-order chi connectivity index (χ0) is 26.9. The van der Waals surface area contributed by atoms with Crippen LogP contribution >= 0.6 is 11.5 Å². The molecule has 10 nitrogen and oxygen atoms in total. The first kappa shape index (κ1) is 25.9. The highest BCUT2D eigenvalue weighted by Gasteiger charge is 2.36. The van der Waals surface area contributed by atoms with Gasteiger partial charge in [-0.2, -0.15) is 4.37 Å². The van der Waals surface area contributed by atoms with Crippen LogP contribution < -0.4 is 26.3 Å². The summed E-state index contributed by atoms with van der Waals surface area (Å²) in [7, 11) is 0. The monoisotopic (exact) mass is 527 g/mol. The molecule has 194 valence electrons. The molecule has 3 aromatic rings. The summed E-state index contributed by atoms with van der Waals surface area (Å²) in [4.78, 5) is 40.5. The molecule has 0 radical (unpaired) electrons. The number of rotatable bonds is 7. The van der Waals surface area contributed by atoms with Gasteiger partial charge in [0.1, 0.15) is 16.7 Å². The Morgan fingerprint density at radius 2 is 1.81 bits per heavy atom. The van der Waals surface area contributed by atoms with E-state index >= 15 is 0 Å². The number of ether oxygens (including phenoxy) is 2. The van der Waals surface area contributed by atoms with E-state index in [0.29, 0.717) is 34.2 Å². The van der Waals surface area contributed by atoms with Crippen molar-refractivity contribution >= 4 is 34.9 Å². The first-order valence-corrected chi connectivity index (χ1v) is 12.0. The standard InChI is InChI=1S/C25H26FN5O5S/c1-25(2,3)29-23(33)20(14-5-7-15(26)8-6-14)31(11-13-4-9-16-17(10-13)36-12-35-16)24(34)21-18(27)19(22(28)32)30-37-21/h4-10,20H,11-12,27H2,1-3H3,(H2,28,32)(H,29,33). The minimum Gasteiger partial charge on any atom is -0.454 e. The van der Waals surface area contributed by atoms with Crippen molar-refractivity contribution in [3.8, 4) is 11.5 Å². The Hall–Kier alpha value is -4.19. The molecule has 0 spiro atoms. The number of hydrogen-bond donors (Lipinski definition) is 3. The largest absolute Gasteiger partial charge is 0.454 e. The van der Waals surface area contributed by atoms with Crippen LogP contribution in [0.4, 0.5) is 10.1 Å². The molecule has 1 aliphatic heterocycles. The molecule has 1 unspecified atom stereocenters. The van der Waals surface area contributed by atoms with Gasteiger partial charge in [0.25, 0.3) is 11.8 Å². The second-order valence-corrected chi connectivity index (χ2v) is 10.2. The van der Waals surface area contributed by atoms with Crippen LogP contribution in [0.5, 0.6) is 11.5 Å². The molecule has 1 aromatic heterocycles. The third-order valence-electron chi connectivity index (χ3n) is 5.45. The summed E-state index contributed by atoms with van der Waals surface area (Å²) in [6, 6.07) is 9.26. The molecular formula is C25H26FN5O5S. The zero-order valence-corrected chi connectivity index (χ0v) is 21.2. The van der Waals surface area contributed by atoms with E-state index in [4.69, 9.17) is 20.9 Å². The van der Waals surface area contributed by atoms with Crippen LogP contribution in [-0.4, -0.2) is 39.3 Å². The van der Waals surface area contributed by atoms with E-state index in [1.165, 1.54) is 29.2 Å². The van der Waals surface area contributed by atoms with E-state index in [1.54, 1.807) is 39.0 Å². The van der Waals surface area contributed by atoms with Gasteiger partial charge in [0, 0.05) is 12.1 Å². The molecule has 1 atom stereocenters. The van der Waals surface area contributed by atoms with Crippen molar-refractivity contribution in [3.63, 3.8) is 0 Å². The molecule has 12 heteroatoms. The lowest BCUT2D eigenvalue weighted by molar-refractivity contribution is -0.127. The average Bonchev–Trinajstić information content (AvgIpc) is 3.44. The van der Waals surface area contributed by atoms with E-state index in [-0.39, 0.29) is 29.6 Å². The Kier molecular flexibility index (Phi) is 7.03. The first-order chi connectivity index (χ1) is 17.4. The molecule has 0 saturated heterocycles. The van der Waals surface area contributed by atoms with Crippen LogP contribution in [0.2, 0.25) is 0 Å². The number of aromatic nitrogens is 1. The summed E-state index contributed by atoms with van der Waals surface area (Å²) < 4.78 is 28.5. The number of amides is 3. The van der Waals surface area contributed by atoms with Crippen molar-refractivity contribution in [3.05, 3.63) is 70.0 Å². The zero-order valence-electron chi connectivity index (χ0n) is 20.4. The second-order valence-electron chi connectivity index (χ2n) is 9.45. The minimum atomic E-state index is -1.18. The molecule has 4 rings (SSSR count). The van der Waals surface area contributed by atoms with Crippen molar-refractivity contribution in [2.45, 2.75) is 38.9 Å². The maximum absolute atomic E-state index is 13.9. The van der Waals surface area contributed by atoms with Gasteiger partial charge in [0.2, 0.25) is 12.7 Å². The van der Waals surface area contributed by atoms with Crippen molar-refractivity contribution < 1.29 is 28.2 Å². The Morgan fingerprint density at radius 3 is 2.43 bits per heavy atom. The van der Waals surface area contributed by atoms with Gasteiger partial charge in [-0.1, -0.05) is 18.2 Å². The van der Waals surface area contributed by atoms with Gasteiger partial charge in [-0.05, 0) is 67.7 Å². The van der Waals surface area contributed by atoms with Gasteiger partial charge in [0.15, 0.2) is 17.2 Å². The Morgan fingerprint density at radius 1 is 1.14 bits per heavy atom. The number of nitrogens with one attached hydrogen (secondary N) is 1. The highest BCUT2D eigenvalue weighted by molar-refractivity contribution is 7.09. The molecule has 1 aliphatic rings. The molecule has 2 heterocycles. The Balaban J connectivity index is 1.83. The lowest BCUT2D eigenvalue weighted by Gasteiger charge is -2.33. The third-order valence-corrected chi connectivity index (χ3v) is 6.30. The number of carbonyl (C=O) groups is 3. The maximum Gasteiger partial charge on any atom is 0.270 e. The molecule has 0 saturated carbocycles. The molecule has 0 bridgehead atoms. The molecule has 0 aliphatic carbocycles. The summed E-state index contributed by atoms with van der Waals surface area (Å²) in [6.07, 6.45) is 0. The first-order valence-electron chi connectivity index (χ1n) is 11.3. The molecular weight excluding hydrogens is 501 g/mol. The number of nitrogens with zero attached hydrogens (tertiary/aromatic N) is 2. The molecule has 37 heavy (non-hydrogen) atoms. The topological polar surface area (TPSA) is 150 Å². The van der Waals surface area contributed by atoms with Gasteiger partial charge < -0.3 is 31.2 Å². The minimum absolute atomic E-state index is 0.0507. The van der Waals surface area contributed by atoms with E-state index in [0.717, 1.165) is 0 Å². The van der Waals surface area contributed by atoms with Gasteiger partial charge in [-0.15, -0.1) is 0 Å². The number of anilines is 1. The lowest BCUT2D eigenvalue weighted by atomic mass is 10.00. The van der Waals surface area contributed by atoms with Gasteiger partial charge in [-0.3, -0.25) is 14.4 Å². The number of benzene rings is 2. The summed E-state index contributed by atoms with van der Waals surface area (Å²) in [5.41, 5.74) is 11.4. The van der Waals surface area contributed by atoms with Crippen LogP contribution in [0.1, 0.15) is 58.1 Å². The fraction of sp³-hybridized carbons (Fsp3) is 0.280. The fourth-order valence-corrected chi connectivity index (χ4v) is 4.59. The number of halogens is 1. The number of carbonyl (C=O) groups excluding carboxylic acids is 3. The summed E-state index contributed by atoms with van der Waals surface area (Å²) in [5, 5.41) is 2.90. The van der Waals surface area contributed by atoms with Crippen molar-refractivity contribution in [2.24, 2.45) is 5.73 Å². The van der Waals surface area contributed by atoms with Crippen molar-refractivity contribution in [2.75, 3.05) is 12.5 Å². The number of nitrogens with two attached hydrogens (primary N) is 2. The Bertz CT molecular complexity index is 1350. The summed E-state index contributed by atoms with van der Waals surface area (Å²) in [5.74, 6) is -1.47. The van der Waals surface area contributed by atoms with Crippen molar-refractivity contribution in [1.82, 2.24) is 14.6 Å². The Labute approximate surface area is 216 Å². The van der Waals surface area contributed by atoms with Crippen LogP contribution in [0, 0.1) is 5.82 Å². The lowest BCUT2D eigenvalue weighted by Crippen LogP contribution is -2.49. The molecule has 3 amide bonds. The van der Waals surface area contributed by atoms with E-state index < -0.39 is 35.1 Å². The van der Waals surface area contributed by atoms with Crippen LogP contribution in [0.15, 0.2) is 42.5 Å². The van der Waals surface area contributed by atoms with Crippen LogP contribution in [0.3, 0.4) is 0 Å². The van der Waals surface area contributed by atoms with Crippen LogP contribution in [0.25, 0.3) is 0 Å². The quantitative estimate of drug-likeness (QED) is 0.427.